The molecule has 0 spiro atoms. The third-order valence-corrected chi connectivity index (χ3v) is 3.11. The number of amides is 1. The number of benzene rings is 1. The molecule has 1 fully saturated rings. The molecule has 1 aliphatic rings. The summed E-state index contributed by atoms with van der Waals surface area (Å²) in [6.07, 6.45) is 2.32. The van der Waals surface area contributed by atoms with Gasteiger partial charge in [0.15, 0.2) is 11.6 Å². The molecule has 1 amide bonds. The maximum absolute atomic E-state index is 13.4. The zero-order chi connectivity index (χ0) is 12.5. The summed E-state index contributed by atoms with van der Waals surface area (Å²) in [5, 5.41) is 2.62. The largest absolute Gasteiger partial charge is 0.494 e. The van der Waals surface area contributed by atoms with E-state index in [1.807, 2.05) is 0 Å². The average molecular weight is 275 g/mol. The first-order valence-corrected chi connectivity index (χ1v) is 5.49. The van der Waals surface area contributed by atoms with Crippen molar-refractivity contribution >= 4 is 24.0 Å². The van der Waals surface area contributed by atoms with Crippen LogP contribution in [0.25, 0.3) is 0 Å². The van der Waals surface area contributed by atoms with Gasteiger partial charge in [0.25, 0.3) is 0 Å². The van der Waals surface area contributed by atoms with E-state index in [9.17, 15) is 9.18 Å². The highest BCUT2D eigenvalue weighted by molar-refractivity contribution is 5.98. The van der Waals surface area contributed by atoms with Crippen molar-refractivity contribution in [3.63, 3.8) is 0 Å². The lowest BCUT2D eigenvalue weighted by atomic mass is 9.77. The van der Waals surface area contributed by atoms with Crippen molar-refractivity contribution in [2.24, 2.45) is 5.73 Å². The highest BCUT2D eigenvalue weighted by atomic mass is 35.5. The molecule has 4 nitrogen and oxygen atoms in total. The zero-order valence-corrected chi connectivity index (χ0v) is 10.8. The van der Waals surface area contributed by atoms with Crippen LogP contribution < -0.4 is 15.8 Å². The standard InChI is InChI=1S/C12H15FN2O2.ClH/c1-17-10-4-3-8(7-9(10)13)15-11(16)12(14)5-2-6-12;/h3-4,7H,2,5-6,14H2,1H3,(H,15,16);1H. The van der Waals surface area contributed by atoms with Gasteiger partial charge < -0.3 is 15.8 Å². The van der Waals surface area contributed by atoms with E-state index in [1.54, 1.807) is 6.07 Å². The molecular weight excluding hydrogens is 259 g/mol. The van der Waals surface area contributed by atoms with E-state index in [4.69, 9.17) is 10.5 Å². The molecule has 3 N–H and O–H groups in total. The van der Waals surface area contributed by atoms with Crippen LogP contribution >= 0.6 is 12.4 Å². The predicted octanol–water partition coefficient (Wildman–Crippen LogP) is 2.08. The minimum atomic E-state index is -0.781. The molecule has 0 saturated heterocycles. The molecule has 0 unspecified atom stereocenters. The fraction of sp³-hybridized carbons (Fsp3) is 0.417. The number of nitrogens with one attached hydrogen (secondary N) is 1. The SMILES string of the molecule is COc1ccc(NC(=O)C2(N)CCC2)cc1F.Cl. The first-order chi connectivity index (χ1) is 8.05. The summed E-state index contributed by atoms with van der Waals surface area (Å²) >= 11 is 0. The van der Waals surface area contributed by atoms with Gasteiger partial charge in [-0.15, -0.1) is 12.4 Å². The smallest absolute Gasteiger partial charge is 0.244 e. The first kappa shape index (κ1) is 14.7. The Morgan fingerprint density at radius 2 is 2.17 bits per heavy atom. The van der Waals surface area contributed by atoms with Crippen LogP contribution in [-0.2, 0) is 4.79 Å². The molecule has 1 saturated carbocycles. The van der Waals surface area contributed by atoms with Crippen molar-refractivity contribution in [3.05, 3.63) is 24.0 Å². The maximum Gasteiger partial charge on any atom is 0.244 e. The number of carbonyl (C=O) groups excluding carboxylic acids is 1. The van der Waals surface area contributed by atoms with E-state index in [1.165, 1.54) is 19.2 Å². The van der Waals surface area contributed by atoms with Gasteiger partial charge in [-0.1, -0.05) is 0 Å². The summed E-state index contributed by atoms with van der Waals surface area (Å²) in [5.74, 6) is -0.618. The second-order valence-corrected chi connectivity index (χ2v) is 4.31. The molecule has 0 aliphatic heterocycles. The Morgan fingerprint density at radius 1 is 1.50 bits per heavy atom. The van der Waals surface area contributed by atoms with Crippen LogP contribution in [0, 0.1) is 5.82 Å². The zero-order valence-electron chi connectivity index (χ0n) is 10.0. The summed E-state index contributed by atoms with van der Waals surface area (Å²) in [6, 6.07) is 4.27. The molecule has 100 valence electrons. The Kier molecular flexibility index (Phi) is 4.53. The number of nitrogens with two attached hydrogens (primary N) is 1. The maximum atomic E-state index is 13.4. The third kappa shape index (κ3) is 2.73. The molecule has 0 atom stereocenters. The van der Waals surface area contributed by atoms with Gasteiger partial charge in [-0.2, -0.15) is 0 Å². The Morgan fingerprint density at radius 3 is 2.61 bits per heavy atom. The van der Waals surface area contributed by atoms with Crippen LogP contribution in [0.5, 0.6) is 5.75 Å². The molecule has 1 aliphatic carbocycles. The predicted molar refractivity (Wildman–Crippen MR) is 69.6 cm³/mol. The normalized spacial score (nSPS) is 16.2. The number of hydrogen-bond acceptors (Lipinski definition) is 3. The van der Waals surface area contributed by atoms with Gasteiger partial charge in [0.2, 0.25) is 5.91 Å². The van der Waals surface area contributed by atoms with E-state index >= 15 is 0 Å². The fourth-order valence-corrected chi connectivity index (χ4v) is 1.78. The second kappa shape index (κ2) is 5.54. The highest BCUT2D eigenvalue weighted by Gasteiger charge is 2.40. The van der Waals surface area contributed by atoms with Crippen LogP contribution in [0.1, 0.15) is 19.3 Å². The van der Waals surface area contributed by atoms with E-state index in [0.29, 0.717) is 18.5 Å². The molecule has 0 aromatic heterocycles. The Balaban J connectivity index is 0.00000162. The van der Waals surface area contributed by atoms with Crippen LogP contribution in [0.4, 0.5) is 10.1 Å². The lowest BCUT2D eigenvalue weighted by Crippen LogP contribution is -2.56. The van der Waals surface area contributed by atoms with Gasteiger partial charge in [-0.3, -0.25) is 4.79 Å². The molecule has 2 rings (SSSR count). The van der Waals surface area contributed by atoms with Gasteiger partial charge in [0, 0.05) is 11.8 Å². The monoisotopic (exact) mass is 274 g/mol. The molecule has 1 aromatic rings. The summed E-state index contributed by atoms with van der Waals surface area (Å²) < 4.78 is 18.2. The van der Waals surface area contributed by atoms with E-state index in [0.717, 1.165) is 6.42 Å². The van der Waals surface area contributed by atoms with Gasteiger partial charge in [0.05, 0.1) is 12.6 Å². The Hall–Kier alpha value is -1.33. The quantitative estimate of drug-likeness (QED) is 0.887. The number of halogens is 2. The van der Waals surface area contributed by atoms with E-state index in [2.05, 4.69) is 5.32 Å². The molecular formula is C12H16ClFN2O2. The van der Waals surface area contributed by atoms with Gasteiger partial charge in [-0.25, -0.2) is 4.39 Å². The lowest BCUT2D eigenvalue weighted by molar-refractivity contribution is -0.123. The van der Waals surface area contributed by atoms with Crippen molar-refractivity contribution < 1.29 is 13.9 Å². The van der Waals surface area contributed by atoms with Gasteiger partial charge >= 0.3 is 0 Å². The molecule has 0 bridgehead atoms. The minimum absolute atomic E-state index is 0. The Labute approximate surface area is 111 Å². The topological polar surface area (TPSA) is 64.3 Å². The number of hydrogen-bond donors (Lipinski definition) is 2. The summed E-state index contributed by atoms with van der Waals surface area (Å²) in [4.78, 5) is 11.8. The first-order valence-electron chi connectivity index (χ1n) is 5.49. The van der Waals surface area contributed by atoms with E-state index in [-0.39, 0.29) is 24.1 Å². The van der Waals surface area contributed by atoms with Gasteiger partial charge in [-0.05, 0) is 31.4 Å². The number of rotatable bonds is 3. The van der Waals surface area contributed by atoms with Crippen LogP contribution in [-0.4, -0.2) is 18.6 Å². The summed E-state index contributed by atoms with van der Waals surface area (Å²) in [5.41, 5.74) is 5.47. The molecule has 18 heavy (non-hydrogen) atoms. The molecule has 6 heteroatoms. The molecule has 0 radical (unpaired) electrons. The fourth-order valence-electron chi connectivity index (χ4n) is 1.78. The van der Waals surface area contributed by atoms with Crippen molar-refractivity contribution in [1.82, 2.24) is 0 Å². The molecule has 1 aromatic carbocycles. The van der Waals surface area contributed by atoms with Crippen LogP contribution in [0.3, 0.4) is 0 Å². The van der Waals surface area contributed by atoms with E-state index < -0.39 is 11.4 Å². The average Bonchev–Trinajstić information content (AvgIpc) is 2.26. The lowest BCUT2D eigenvalue weighted by Gasteiger charge is -2.36. The minimum Gasteiger partial charge on any atom is -0.494 e. The van der Waals surface area contributed by atoms with Crippen molar-refractivity contribution in [1.29, 1.82) is 0 Å². The Bertz CT molecular complexity index is 450. The summed E-state index contributed by atoms with van der Waals surface area (Å²) in [7, 11) is 1.39. The van der Waals surface area contributed by atoms with Crippen LogP contribution in [0.2, 0.25) is 0 Å². The number of ether oxygens (including phenoxy) is 1. The highest BCUT2D eigenvalue weighted by Crippen LogP contribution is 2.30. The van der Waals surface area contributed by atoms with Gasteiger partial charge in [0.1, 0.15) is 0 Å². The number of anilines is 1. The molecule has 0 heterocycles. The van der Waals surface area contributed by atoms with Crippen molar-refractivity contribution in [2.75, 3.05) is 12.4 Å². The number of carbonyl (C=O) groups is 1. The number of methoxy groups -OCH3 is 1. The second-order valence-electron chi connectivity index (χ2n) is 4.31. The summed E-state index contributed by atoms with van der Waals surface area (Å²) in [6.45, 7) is 0. The van der Waals surface area contributed by atoms with Crippen LogP contribution in [0.15, 0.2) is 18.2 Å². The third-order valence-electron chi connectivity index (χ3n) is 3.11. The van der Waals surface area contributed by atoms with Crippen molar-refractivity contribution in [2.45, 2.75) is 24.8 Å². The van der Waals surface area contributed by atoms with Crippen molar-refractivity contribution in [3.8, 4) is 5.75 Å².